The zero-order valence-corrected chi connectivity index (χ0v) is 10.9. The summed E-state index contributed by atoms with van der Waals surface area (Å²) in [6.45, 7) is 6.01. The van der Waals surface area contributed by atoms with Crippen molar-refractivity contribution in [2.75, 3.05) is 27.3 Å². The van der Waals surface area contributed by atoms with E-state index in [9.17, 15) is 0 Å². The first-order valence-corrected chi connectivity index (χ1v) is 5.79. The van der Waals surface area contributed by atoms with Crippen LogP contribution in [0.4, 0.5) is 0 Å². The van der Waals surface area contributed by atoms with Crippen LogP contribution in [0.15, 0.2) is 12.1 Å². The van der Waals surface area contributed by atoms with Crippen molar-refractivity contribution >= 4 is 0 Å². The minimum Gasteiger partial charge on any atom is -0.496 e. The lowest BCUT2D eigenvalue weighted by atomic mass is 9.82. The van der Waals surface area contributed by atoms with E-state index in [1.807, 2.05) is 13.0 Å². The molecular formula is C13H20N2O2. The fraction of sp³-hybridized carbons (Fsp3) is 0.538. The van der Waals surface area contributed by atoms with Crippen LogP contribution in [-0.4, -0.2) is 27.3 Å². The van der Waals surface area contributed by atoms with E-state index in [0.717, 1.165) is 30.2 Å². The number of rotatable bonds is 3. The Kier molecular flexibility index (Phi) is 3.26. The number of nitrogens with one attached hydrogen (secondary N) is 2. The molecule has 1 fully saturated rings. The summed E-state index contributed by atoms with van der Waals surface area (Å²) in [6.07, 6.45) is 0. The Balaban J connectivity index is 2.50. The van der Waals surface area contributed by atoms with Crippen molar-refractivity contribution in [2.24, 2.45) is 0 Å². The third-order valence-electron chi connectivity index (χ3n) is 3.45. The quantitative estimate of drug-likeness (QED) is 0.832. The van der Waals surface area contributed by atoms with Gasteiger partial charge in [0.1, 0.15) is 11.5 Å². The lowest BCUT2D eigenvalue weighted by Crippen LogP contribution is -2.28. The molecule has 1 aliphatic rings. The van der Waals surface area contributed by atoms with Crippen LogP contribution in [-0.2, 0) is 5.41 Å². The summed E-state index contributed by atoms with van der Waals surface area (Å²) in [5.74, 6) is 1.84. The topological polar surface area (TPSA) is 42.5 Å². The number of hydrogen-bond donors (Lipinski definition) is 2. The first-order valence-electron chi connectivity index (χ1n) is 5.79. The highest BCUT2D eigenvalue weighted by molar-refractivity contribution is 5.50. The molecule has 0 unspecified atom stereocenters. The predicted molar refractivity (Wildman–Crippen MR) is 67.6 cm³/mol. The largest absolute Gasteiger partial charge is 0.496 e. The molecule has 1 aromatic rings. The number of hydrazine groups is 1. The van der Waals surface area contributed by atoms with E-state index in [1.54, 1.807) is 14.2 Å². The zero-order valence-electron chi connectivity index (χ0n) is 10.9. The maximum Gasteiger partial charge on any atom is 0.123 e. The number of aryl methyl sites for hydroxylation is 1. The number of ether oxygens (including phenoxy) is 2. The van der Waals surface area contributed by atoms with E-state index < -0.39 is 0 Å². The Labute approximate surface area is 102 Å². The van der Waals surface area contributed by atoms with E-state index in [0.29, 0.717) is 0 Å². The molecule has 0 aliphatic carbocycles. The van der Waals surface area contributed by atoms with Crippen molar-refractivity contribution in [1.82, 2.24) is 10.9 Å². The molecule has 0 atom stereocenters. The molecule has 0 aromatic heterocycles. The minimum atomic E-state index is 0.0341. The summed E-state index contributed by atoms with van der Waals surface area (Å²) in [6, 6.07) is 4.13. The van der Waals surface area contributed by atoms with Gasteiger partial charge >= 0.3 is 0 Å². The smallest absolute Gasteiger partial charge is 0.123 e. The highest BCUT2D eigenvalue weighted by Gasteiger charge is 2.33. The van der Waals surface area contributed by atoms with Crippen LogP contribution < -0.4 is 20.3 Å². The van der Waals surface area contributed by atoms with Crippen LogP contribution in [0.2, 0.25) is 0 Å². The summed E-state index contributed by atoms with van der Waals surface area (Å²) in [4.78, 5) is 0. The molecule has 2 N–H and O–H groups in total. The molecule has 17 heavy (non-hydrogen) atoms. The highest BCUT2D eigenvalue weighted by Crippen LogP contribution is 2.37. The Hall–Kier alpha value is -1.26. The van der Waals surface area contributed by atoms with Crippen molar-refractivity contribution in [3.63, 3.8) is 0 Å². The lowest BCUT2D eigenvalue weighted by Gasteiger charge is -2.25. The van der Waals surface area contributed by atoms with E-state index in [1.165, 1.54) is 5.56 Å². The molecule has 0 bridgehead atoms. The van der Waals surface area contributed by atoms with Crippen molar-refractivity contribution in [2.45, 2.75) is 19.3 Å². The molecule has 1 saturated heterocycles. The van der Waals surface area contributed by atoms with Crippen LogP contribution in [0.5, 0.6) is 11.5 Å². The molecule has 1 aromatic carbocycles. The first kappa shape index (κ1) is 12.2. The fourth-order valence-corrected chi connectivity index (χ4v) is 2.29. The third kappa shape index (κ3) is 2.10. The number of methoxy groups -OCH3 is 2. The van der Waals surface area contributed by atoms with E-state index in [2.05, 4.69) is 23.8 Å². The average Bonchev–Trinajstić information content (AvgIpc) is 2.76. The molecule has 4 heteroatoms. The molecule has 0 saturated carbocycles. The van der Waals surface area contributed by atoms with Gasteiger partial charge in [-0.15, -0.1) is 0 Å². The van der Waals surface area contributed by atoms with Gasteiger partial charge in [0.25, 0.3) is 0 Å². The summed E-state index contributed by atoms with van der Waals surface area (Å²) in [5.41, 5.74) is 8.64. The second kappa shape index (κ2) is 4.55. The Morgan fingerprint density at radius 1 is 1.06 bits per heavy atom. The second-order valence-electron chi connectivity index (χ2n) is 4.79. The SMILES string of the molecule is COc1cc(C2(C)CNNC2)c(OC)cc1C. The normalized spacial score (nSPS) is 18.1. The van der Waals surface area contributed by atoms with Gasteiger partial charge in [-0.3, -0.25) is 10.9 Å². The van der Waals surface area contributed by atoms with Gasteiger partial charge in [-0.1, -0.05) is 6.92 Å². The molecule has 0 spiro atoms. The molecule has 0 amide bonds. The molecule has 0 radical (unpaired) electrons. The Morgan fingerprint density at radius 2 is 1.65 bits per heavy atom. The van der Waals surface area contributed by atoms with Crippen LogP contribution in [0.3, 0.4) is 0 Å². The summed E-state index contributed by atoms with van der Waals surface area (Å²) in [5, 5.41) is 0. The first-order chi connectivity index (χ1) is 8.10. The molecular weight excluding hydrogens is 216 g/mol. The number of benzene rings is 1. The van der Waals surface area contributed by atoms with Crippen molar-refractivity contribution < 1.29 is 9.47 Å². The summed E-state index contributed by atoms with van der Waals surface area (Å²) >= 11 is 0. The van der Waals surface area contributed by atoms with E-state index >= 15 is 0 Å². The Morgan fingerprint density at radius 3 is 2.18 bits per heavy atom. The average molecular weight is 236 g/mol. The van der Waals surface area contributed by atoms with Gasteiger partial charge in [0.2, 0.25) is 0 Å². The van der Waals surface area contributed by atoms with Crippen molar-refractivity contribution in [3.05, 3.63) is 23.3 Å². The van der Waals surface area contributed by atoms with E-state index in [-0.39, 0.29) is 5.41 Å². The van der Waals surface area contributed by atoms with Crippen LogP contribution in [0, 0.1) is 6.92 Å². The van der Waals surface area contributed by atoms with Gasteiger partial charge in [0.05, 0.1) is 14.2 Å². The van der Waals surface area contributed by atoms with Gasteiger partial charge in [-0.05, 0) is 24.6 Å². The number of hydrogen-bond acceptors (Lipinski definition) is 4. The summed E-state index contributed by atoms with van der Waals surface area (Å²) in [7, 11) is 3.41. The van der Waals surface area contributed by atoms with Gasteiger partial charge in [-0.25, -0.2) is 0 Å². The molecule has 94 valence electrons. The monoisotopic (exact) mass is 236 g/mol. The predicted octanol–water partition coefficient (Wildman–Crippen LogP) is 1.38. The molecule has 1 aliphatic heterocycles. The van der Waals surface area contributed by atoms with Crippen LogP contribution in [0.1, 0.15) is 18.1 Å². The lowest BCUT2D eigenvalue weighted by molar-refractivity contribution is 0.384. The maximum absolute atomic E-state index is 5.49. The zero-order chi connectivity index (χ0) is 12.5. The maximum atomic E-state index is 5.49. The second-order valence-corrected chi connectivity index (χ2v) is 4.79. The minimum absolute atomic E-state index is 0.0341. The fourth-order valence-electron chi connectivity index (χ4n) is 2.29. The molecule has 1 heterocycles. The van der Waals surface area contributed by atoms with Gasteiger partial charge < -0.3 is 9.47 Å². The highest BCUT2D eigenvalue weighted by atomic mass is 16.5. The summed E-state index contributed by atoms with van der Waals surface area (Å²) < 4.78 is 10.9. The van der Waals surface area contributed by atoms with Crippen LogP contribution in [0.25, 0.3) is 0 Å². The van der Waals surface area contributed by atoms with Crippen molar-refractivity contribution in [1.29, 1.82) is 0 Å². The molecule has 2 rings (SSSR count). The molecule has 4 nitrogen and oxygen atoms in total. The van der Waals surface area contributed by atoms with Gasteiger partial charge in [-0.2, -0.15) is 0 Å². The van der Waals surface area contributed by atoms with Crippen molar-refractivity contribution in [3.8, 4) is 11.5 Å². The van der Waals surface area contributed by atoms with Gasteiger partial charge in [0.15, 0.2) is 0 Å². The third-order valence-corrected chi connectivity index (χ3v) is 3.45. The van der Waals surface area contributed by atoms with Crippen LogP contribution >= 0.6 is 0 Å². The van der Waals surface area contributed by atoms with Gasteiger partial charge in [0, 0.05) is 24.1 Å². The standard InChI is InChI=1S/C13H20N2O2/c1-9-5-12(17-4)10(6-11(9)16-3)13(2)7-14-15-8-13/h5-6,14-15H,7-8H2,1-4H3. The Bertz CT molecular complexity index is 412. The van der Waals surface area contributed by atoms with E-state index in [4.69, 9.17) is 9.47 Å².